The van der Waals surface area contributed by atoms with Crippen LogP contribution in [0.4, 0.5) is 27.6 Å². The fourth-order valence-corrected chi connectivity index (χ4v) is 4.24. The minimum absolute atomic E-state index is 0.0327. The molecule has 220 valence electrons. The maximum Gasteiger partial charge on any atom is 0.328 e. The Balaban J connectivity index is 2.06. The molecule has 3 aromatic rings. The van der Waals surface area contributed by atoms with E-state index in [1.54, 1.807) is 60.7 Å². The molecule has 0 saturated heterocycles. The van der Waals surface area contributed by atoms with E-state index in [1.807, 2.05) is 13.8 Å². The summed E-state index contributed by atoms with van der Waals surface area (Å²) in [5.41, 5.74) is -0.0940. The first-order valence-electron chi connectivity index (χ1n) is 12.9. The molecule has 2 N–H and O–H groups in total. The molecule has 3 rings (SSSR count). The number of rotatable bonds is 13. The standard InChI is InChI=1S/C30H31F5N2O4/c1-17(2)14-21(30(39)40-3)37-29(38)28(41-16-19-12-8-5-9-13-19)20(15-18-10-6-4-7-11-18)36-27-25(34)23(32)22(31)24(33)26(27)35/h4-13,17,20-21,28,36H,14-16H2,1-3H3,(H,37,38)/t20-,21+,28+/m1/s1. The molecule has 0 bridgehead atoms. The highest BCUT2D eigenvalue weighted by molar-refractivity contribution is 5.87. The molecular formula is C30H31F5N2O4. The number of esters is 1. The number of hydrogen-bond donors (Lipinski definition) is 2. The molecule has 3 aromatic carbocycles. The normalized spacial score (nSPS) is 13.4. The average Bonchev–Trinajstić information content (AvgIpc) is 2.97. The molecule has 1 amide bonds. The summed E-state index contributed by atoms with van der Waals surface area (Å²) in [6.07, 6.45) is -1.48. The molecule has 6 nitrogen and oxygen atoms in total. The molecule has 3 atom stereocenters. The summed E-state index contributed by atoms with van der Waals surface area (Å²) >= 11 is 0. The van der Waals surface area contributed by atoms with Gasteiger partial charge >= 0.3 is 5.97 Å². The zero-order chi connectivity index (χ0) is 30.1. The van der Waals surface area contributed by atoms with Gasteiger partial charge in [-0.25, -0.2) is 26.7 Å². The summed E-state index contributed by atoms with van der Waals surface area (Å²) in [6, 6.07) is 14.6. The maximum atomic E-state index is 14.7. The van der Waals surface area contributed by atoms with Crippen molar-refractivity contribution in [1.82, 2.24) is 5.32 Å². The number of carbonyl (C=O) groups excluding carboxylic acids is 2. The molecule has 0 aliphatic heterocycles. The number of halogens is 5. The second-order valence-electron chi connectivity index (χ2n) is 9.82. The van der Waals surface area contributed by atoms with E-state index in [9.17, 15) is 31.5 Å². The van der Waals surface area contributed by atoms with Crippen LogP contribution >= 0.6 is 0 Å². The number of benzene rings is 3. The smallest absolute Gasteiger partial charge is 0.328 e. The lowest BCUT2D eigenvalue weighted by molar-refractivity contribution is -0.148. The first kappa shape index (κ1) is 31.5. The molecule has 0 radical (unpaired) electrons. The first-order valence-corrected chi connectivity index (χ1v) is 12.9. The summed E-state index contributed by atoms with van der Waals surface area (Å²) in [5, 5.41) is 4.92. The Kier molecular flexibility index (Phi) is 11.2. The number of hydrogen-bond acceptors (Lipinski definition) is 5. The third-order valence-electron chi connectivity index (χ3n) is 6.24. The van der Waals surface area contributed by atoms with Crippen LogP contribution in [0.1, 0.15) is 31.4 Å². The quantitative estimate of drug-likeness (QED) is 0.118. The van der Waals surface area contributed by atoms with Crippen LogP contribution in [0.5, 0.6) is 0 Å². The van der Waals surface area contributed by atoms with Gasteiger partial charge in [-0.2, -0.15) is 0 Å². The fraction of sp³-hybridized carbons (Fsp3) is 0.333. The van der Waals surface area contributed by atoms with Crippen molar-refractivity contribution in [2.45, 2.75) is 51.5 Å². The molecule has 0 heterocycles. The van der Waals surface area contributed by atoms with E-state index in [2.05, 4.69) is 10.6 Å². The Morgan fingerprint density at radius 2 is 1.29 bits per heavy atom. The largest absolute Gasteiger partial charge is 0.467 e. The molecule has 0 aliphatic carbocycles. The van der Waals surface area contributed by atoms with Crippen molar-refractivity contribution in [3.63, 3.8) is 0 Å². The van der Waals surface area contributed by atoms with Crippen molar-refractivity contribution in [3.05, 3.63) is 101 Å². The Morgan fingerprint density at radius 1 is 0.780 bits per heavy atom. The SMILES string of the molecule is COC(=O)[C@H](CC(C)C)NC(=O)[C@@H](OCc1ccccc1)[C@@H](Cc1ccccc1)Nc1c(F)c(F)c(F)c(F)c1F. The van der Waals surface area contributed by atoms with Gasteiger partial charge in [-0.15, -0.1) is 0 Å². The Labute approximate surface area is 234 Å². The van der Waals surface area contributed by atoms with Gasteiger partial charge in [0.2, 0.25) is 5.82 Å². The van der Waals surface area contributed by atoms with Gasteiger partial charge in [-0.3, -0.25) is 4.79 Å². The van der Waals surface area contributed by atoms with Gasteiger partial charge in [-0.05, 0) is 29.9 Å². The van der Waals surface area contributed by atoms with Gasteiger partial charge in [0, 0.05) is 0 Å². The number of nitrogens with one attached hydrogen (secondary N) is 2. The van der Waals surface area contributed by atoms with Crippen LogP contribution in [0.25, 0.3) is 0 Å². The summed E-state index contributed by atoms with van der Waals surface area (Å²) in [6.45, 7) is 3.51. The second kappa shape index (κ2) is 14.6. The predicted octanol–water partition coefficient (Wildman–Crippen LogP) is 5.69. The van der Waals surface area contributed by atoms with E-state index >= 15 is 0 Å². The van der Waals surface area contributed by atoms with E-state index in [1.165, 1.54) is 0 Å². The lowest BCUT2D eigenvalue weighted by Crippen LogP contribution is -2.53. The highest BCUT2D eigenvalue weighted by Gasteiger charge is 2.36. The van der Waals surface area contributed by atoms with Crippen LogP contribution in [0.15, 0.2) is 60.7 Å². The molecule has 0 unspecified atom stereocenters. The zero-order valence-corrected chi connectivity index (χ0v) is 22.7. The molecule has 0 fully saturated rings. The van der Waals surface area contributed by atoms with E-state index < -0.39 is 64.8 Å². The number of anilines is 1. The molecule has 41 heavy (non-hydrogen) atoms. The van der Waals surface area contributed by atoms with Gasteiger partial charge in [0.1, 0.15) is 11.7 Å². The van der Waals surface area contributed by atoms with Crippen LogP contribution in [0.2, 0.25) is 0 Å². The second-order valence-corrected chi connectivity index (χ2v) is 9.82. The van der Waals surface area contributed by atoms with Gasteiger partial charge < -0.3 is 20.1 Å². The molecule has 0 aliphatic rings. The lowest BCUT2D eigenvalue weighted by atomic mass is 9.98. The molecule has 0 spiro atoms. The Hall–Kier alpha value is -3.99. The number of amides is 1. The molecule has 11 heteroatoms. The van der Waals surface area contributed by atoms with Crippen LogP contribution in [0.3, 0.4) is 0 Å². The Bertz CT molecular complexity index is 1300. The van der Waals surface area contributed by atoms with Crippen molar-refractivity contribution in [2.75, 3.05) is 12.4 Å². The molecule has 0 saturated carbocycles. The van der Waals surface area contributed by atoms with Crippen molar-refractivity contribution in [2.24, 2.45) is 5.92 Å². The van der Waals surface area contributed by atoms with Crippen LogP contribution in [-0.4, -0.2) is 37.2 Å². The monoisotopic (exact) mass is 578 g/mol. The number of ether oxygens (including phenoxy) is 2. The number of carbonyl (C=O) groups is 2. The van der Waals surface area contributed by atoms with Gasteiger partial charge in [0.15, 0.2) is 29.4 Å². The minimum atomic E-state index is -2.31. The van der Waals surface area contributed by atoms with Gasteiger partial charge in [0.25, 0.3) is 5.91 Å². The van der Waals surface area contributed by atoms with Crippen molar-refractivity contribution < 1.29 is 41.0 Å². The van der Waals surface area contributed by atoms with Crippen molar-refractivity contribution in [1.29, 1.82) is 0 Å². The summed E-state index contributed by atoms with van der Waals surface area (Å²) < 4.78 is 82.1. The van der Waals surface area contributed by atoms with Crippen molar-refractivity contribution in [3.8, 4) is 0 Å². The summed E-state index contributed by atoms with van der Waals surface area (Å²) in [5.74, 6) is -12.4. The predicted molar refractivity (Wildman–Crippen MR) is 142 cm³/mol. The Morgan fingerprint density at radius 3 is 1.80 bits per heavy atom. The van der Waals surface area contributed by atoms with Crippen LogP contribution < -0.4 is 10.6 Å². The third-order valence-corrected chi connectivity index (χ3v) is 6.24. The average molecular weight is 579 g/mol. The first-order chi connectivity index (χ1) is 19.5. The van der Waals surface area contributed by atoms with E-state index in [-0.39, 0.29) is 25.4 Å². The van der Waals surface area contributed by atoms with Crippen molar-refractivity contribution >= 4 is 17.6 Å². The summed E-state index contributed by atoms with van der Waals surface area (Å²) in [4.78, 5) is 26.1. The van der Waals surface area contributed by atoms with Gasteiger partial charge in [0.05, 0.1) is 19.8 Å². The minimum Gasteiger partial charge on any atom is -0.467 e. The zero-order valence-electron chi connectivity index (χ0n) is 22.7. The van der Waals surface area contributed by atoms with E-state index in [0.29, 0.717) is 11.1 Å². The van der Waals surface area contributed by atoms with Gasteiger partial charge in [-0.1, -0.05) is 74.5 Å². The van der Waals surface area contributed by atoms with Crippen LogP contribution in [-0.2, 0) is 32.1 Å². The highest BCUT2D eigenvalue weighted by Crippen LogP contribution is 2.29. The summed E-state index contributed by atoms with van der Waals surface area (Å²) in [7, 11) is 1.16. The van der Waals surface area contributed by atoms with E-state index in [4.69, 9.17) is 9.47 Å². The third kappa shape index (κ3) is 8.26. The van der Waals surface area contributed by atoms with Crippen LogP contribution in [0, 0.1) is 35.0 Å². The topological polar surface area (TPSA) is 76.7 Å². The molecule has 0 aromatic heterocycles. The molecular weight excluding hydrogens is 547 g/mol. The highest BCUT2D eigenvalue weighted by atomic mass is 19.2. The number of methoxy groups -OCH3 is 1. The van der Waals surface area contributed by atoms with E-state index in [0.717, 1.165) is 7.11 Å². The fourth-order valence-electron chi connectivity index (χ4n) is 4.24. The lowest BCUT2D eigenvalue weighted by Gasteiger charge is -2.30. The maximum absolute atomic E-state index is 14.7.